The lowest BCUT2D eigenvalue weighted by Crippen LogP contribution is -2.35. The second-order valence-corrected chi connectivity index (χ2v) is 6.24. The fraction of sp³-hybridized carbons (Fsp3) is 1.00. The quantitative estimate of drug-likeness (QED) is 0.695. The number of hydrogen-bond acceptors (Lipinski definition) is 2. The third kappa shape index (κ3) is 3.96. The summed E-state index contributed by atoms with van der Waals surface area (Å²) < 4.78 is 0. The Hall–Kier alpha value is -0.0800. The fourth-order valence-corrected chi connectivity index (χ4v) is 3.61. The smallest absolute Gasteiger partial charge is 0.000770 e. The van der Waals surface area contributed by atoms with E-state index in [1.54, 1.807) is 0 Å². The van der Waals surface area contributed by atoms with Crippen LogP contribution in [0.5, 0.6) is 0 Å². The number of rotatable bonds is 6. The van der Waals surface area contributed by atoms with Gasteiger partial charge in [-0.2, -0.15) is 0 Å². The normalized spacial score (nSPS) is 28.4. The lowest BCUT2D eigenvalue weighted by Gasteiger charge is -2.29. The van der Waals surface area contributed by atoms with Gasteiger partial charge in [0.25, 0.3) is 0 Å². The Morgan fingerprint density at radius 2 is 2.06 bits per heavy atom. The fourth-order valence-electron chi connectivity index (χ4n) is 3.61. The molecule has 0 aromatic heterocycles. The molecule has 2 nitrogen and oxygen atoms in total. The maximum atomic E-state index is 3.74. The van der Waals surface area contributed by atoms with E-state index in [1.807, 2.05) is 0 Å². The van der Waals surface area contributed by atoms with Crippen LogP contribution in [0.2, 0.25) is 0 Å². The molecule has 0 spiro atoms. The van der Waals surface area contributed by atoms with Crippen LogP contribution in [0.15, 0.2) is 0 Å². The molecule has 0 amide bonds. The van der Waals surface area contributed by atoms with E-state index in [2.05, 4.69) is 17.6 Å². The third-order valence-electron chi connectivity index (χ3n) is 5.04. The van der Waals surface area contributed by atoms with Crippen LogP contribution in [-0.2, 0) is 0 Å². The maximum absolute atomic E-state index is 3.74. The van der Waals surface area contributed by atoms with Crippen molar-refractivity contribution in [3.63, 3.8) is 0 Å². The predicted octanol–water partition coefficient (Wildman–Crippen LogP) is 2.94. The van der Waals surface area contributed by atoms with Crippen molar-refractivity contribution in [2.24, 2.45) is 11.3 Å². The molecular weight excluding hydrogens is 208 g/mol. The minimum absolute atomic E-state index is 0.658. The summed E-state index contributed by atoms with van der Waals surface area (Å²) in [4.78, 5) is 0. The van der Waals surface area contributed by atoms with Crippen LogP contribution in [0.1, 0.15) is 58.3 Å². The molecule has 1 atom stereocenters. The first-order valence-corrected chi connectivity index (χ1v) is 7.76. The molecule has 17 heavy (non-hydrogen) atoms. The first kappa shape index (κ1) is 13.4. The van der Waals surface area contributed by atoms with Crippen molar-refractivity contribution in [2.75, 3.05) is 26.2 Å². The van der Waals surface area contributed by atoms with Gasteiger partial charge in [0.1, 0.15) is 0 Å². The molecule has 100 valence electrons. The van der Waals surface area contributed by atoms with E-state index in [0.717, 1.165) is 5.92 Å². The Morgan fingerprint density at radius 1 is 1.24 bits per heavy atom. The van der Waals surface area contributed by atoms with Gasteiger partial charge < -0.3 is 10.6 Å². The van der Waals surface area contributed by atoms with E-state index >= 15 is 0 Å². The van der Waals surface area contributed by atoms with Crippen molar-refractivity contribution < 1.29 is 0 Å². The zero-order valence-corrected chi connectivity index (χ0v) is 11.6. The molecule has 1 unspecified atom stereocenters. The van der Waals surface area contributed by atoms with Crippen molar-refractivity contribution in [2.45, 2.75) is 58.3 Å². The zero-order chi connectivity index (χ0) is 12.0. The van der Waals surface area contributed by atoms with E-state index < -0.39 is 0 Å². The summed E-state index contributed by atoms with van der Waals surface area (Å²) >= 11 is 0. The molecule has 1 aliphatic heterocycles. The highest BCUT2D eigenvalue weighted by atomic mass is 14.9. The van der Waals surface area contributed by atoms with Crippen LogP contribution >= 0.6 is 0 Å². The first-order valence-electron chi connectivity index (χ1n) is 7.76. The summed E-state index contributed by atoms with van der Waals surface area (Å²) in [6, 6.07) is 0. The van der Waals surface area contributed by atoms with Gasteiger partial charge in [-0.05, 0) is 69.5 Å². The Morgan fingerprint density at radius 3 is 2.71 bits per heavy atom. The Bertz CT molecular complexity index is 203. The number of nitrogens with one attached hydrogen (secondary N) is 2. The summed E-state index contributed by atoms with van der Waals surface area (Å²) in [5.74, 6) is 0.928. The lowest BCUT2D eigenvalue weighted by molar-refractivity contribution is 0.262. The Kier molecular flexibility index (Phi) is 5.30. The van der Waals surface area contributed by atoms with Crippen molar-refractivity contribution in [1.82, 2.24) is 10.6 Å². The summed E-state index contributed by atoms with van der Waals surface area (Å²) in [5, 5.41) is 7.25. The van der Waals surface area contributed by atoms with Gasteiger partial charge in [-0.3, -0.25) is 0 Å². The van der Waals surface area contributed by atoms with Crippen LogP contribution in [-0.4, -0.2) is 26.2 Å². The average molecular weight is 238 g/mol. The molecule has 0 bridgehead atoms. The largest absolute Gasteiger partial charge is 0.316 e. The molecule has 2 rings (SSSR count). The molecule has 2 N–H and O–H groups in total. The second kappa shape index (κ2) is 6.75. The standard InChI is InChI=1S/C15H30N2/c1-2-15(8-3-4-9-15)13-17-11-7-14-6-5-10-16-12-14/h14,16-17H,2-13H2,1H3. The van der Waals surface area contributed by atoms with Crippen LogP contribution in [0.25, 0.3) is 0 Å². The van der Waals surface area contributed by atoms with E-state index in [0.29, 0.717) is 5.41 Å². The van der Waals surface area contributed by atoms with Gasteiger partial charge in [-0.15, -0.1) is 0 Å². The lowest BCUT2D eigenvalue weighted by atomic mass is 9.83. The van der Waals surface area contributed by atoms with Crippen molar-refractivity contribution in [3.05, 3.63) is 0 Å². The minimum Gasteiger partial charge on any atom is -0.316 e. The summed E-state index contributed by atoms with van der Waals surface area (Å²) in [6.45, 7) is 7.36. The van der Waals surface area contributed by atoms with Gasteiger partial charge in [0.2, 0.25) is 0 Å². The van der Waals surface area contributed by atoms with E-state index in [9.17, 15) is 0 Å². The van der Waals surface area contributed by atoms with Crippen LogP contribution in [0.4, 0.5) is 0 Å². The summed E-state index contributed by atoms with van der Waals surface area (Å²) in [5.41, 5.74) is 0.658. The van der Waals surface area contributed by atoms with Crippen molar-refractivity contribution >= 4 is 0 Å². The molecule has 2 aliphatic rings. The second-order valence-electron chi connectivity index (χ2n) is 6.24. The molecule has 0 aromatic carbocycles. The molecule has 1 saturated carbocycles. The monoisotopic (exact) mass is 238 g/mol. The SMILES string of the molecule is CCC1(CNCCC2CCCNC2)CCCC1. The van der Waals surface area contributed by atoms with Crippen LogP contribution in [0.3, 0.4) is 0 Å². The van der Waals surface area contributed by atoms with Gasteiger partial charge in [0.15, 0.2) is 0 Å². The zero-order valence-electron chi connectivity index (χ0n) is 11.6. The molecule has 1 heterocycles. The van der Waals surface area contributed by atoms with E-state index in [4.69, 9.17) is 0 Å². The Balaban J connectivity index is 1.58. The van der Waals surface area contributed by atoms with Crippen LogP contribution in [0, 0.1) is 11.3 Å². The van der Waals surface area contributed by atoms with Gasteiger partial charge in [0.05, 0.1) is 0 Å². The van der Waals surface area contributed by atoms with E-state index in [-0.39, 0.29) is 0 Å². The molecule has 1 saturated heterocycles. The van der Waals surface area contributed by atoms with Crippen molar-refractivity contribution in [1.29, 1.82) is 0 Å². The number of piperidine rings is 1. The molecule has 2 fully saturated rings. The van der Waals surface area contributed by atoms with Crippen molar-refractivity contribution in [3.8, 4) is 0 Å². The van der Waals surface area contributed by atoms with Gasteiger partial charge in [-0.1, -0.05) is 19.8 Å². The summed E-state index contributed by atoms with van der Waals surface area (Å²) in [7, 11) is 0. The number of hydrogen-bond donors (Lipinski definition) is 2. The molecule has 0 radical (unpaired) electrons. The summed E-state index contributed by atoms with van der Waals surface area (Å²) in [6.07, 6.45) is 11.4. The highest BCUT2D eigenvalue weighted by molar-refractivity contribution is 4.85. The Labute approximate surface area is 107 Å². The molecular formula is C15H30N2. The van der Waals surface area contributed by atoms with Gasteiger partial charge in [0, 0.05) is 6.54 Å². The highest BCUT2D eigenvalue weighted by Gasteiger charge is 2.31. The maximum Gasteiger partial charge on any atom is 0.000770 e. The molecule has 1 aliphatic carbocycles. The first-order chi connectivity index (χ1) is 8.35. The highest BCUT2D eigenvalue weighted by Crippen LogP contribution is 2.40. The van der Waals surface area contributed by atoms with Crippen LogP contribution < -0.4 is 10.6 Å². The predicted molar refractivity (Wildman–Crippen MR) is 74.3 cm³/mol. The molecule has 2 heteroatoms. The molecule has 0 aromatic rings. The third-order valence-corrected chi connectivity index (χ3v) is 5.04. The van der Waals surface area contributed by atoms with E-state index in [1.165, 1.54) is 77.5 Å². The topological polar surface area (TPSA) is 24.1 Å². The average Bonchev–Trinajstić information content (AvgIpc) is 2.85. The minimum atomic E-state index is 0.658. The van der Waals surface area contributed by atoms with Gasteiger partial charge in [-0.25, -0.2) is 0 Å². The van der Waals surface area contributed by atoms with Gasteiger partial charge >= 0.3 is 0 Å².